The van der Waals surface area contributed by atoms with Crippen molar-refractivity contribution in [2.75, 3.05) is 27.0 Å². The lowest BCUT2D eigenvalue weighted by molar-refractivity contribution is -0.138. The van der Waals surface area contributed by atoms with Gasteiger partial charge in [-0.3, -0.25) is 4.79 Å². The molecule has 0 saturated heterocycles. The number of thioether (sulfide) groups is 1. The van der Waals surface area contributed by atoms with Crippen LogP contribution in [-0.2, 0) is 9.53 Å². The maximum atomic E-state index is 12.5. The summed E-state index contributed by atoms with van der Waals surface area (Å²) in [6.07, 6.45) is 4.49. The highest BCUT2D eigenvalue weighted by Crippen LogP contribution is 2.20. The minimum Gasteiger partial charge on any atom is -0.462 e. The second-order valence-corrected chi connectivity index (χ2v) is 5.25. The van der Waals surface area contributed by atoms with E-state index in [1.165, 1.54) is 24.2 Å². The van der Waals surface area contributed by atoms with Crippen molar-refractivity contribution in [3.63, 3.8) is 0 Å². The van der Waals surface area contributed by atoms with Gasteiger partial charge in [-0.1, -0.05) is 23.4 Å². The monoisotopic (exact) mass is 329 g/mol. The Kier molecular flexibility index (Phi) is 6.64. The normalized spacial score (nSPS) is 11.2. The molecule has 1 aromatic rings. The minimum atomic E-state index is -0.707. The predicted molar refractivity (Wildman–Crippen MR) is 81.6 cm³/mol. The van der Waals surface area contributed by atoms with E-state index in [1.807, 2.05) is 0 Å². The number of hydrogen-bond acceptors (Lipinski definition) is 7. The highest BCUT2D eigenvalue weighted by molar-refractivity contribution is 7.98. The van der Waals surface area contributed by atoms with Gasteiger partial charge in [-0.05, 0) is 13.2 Å². The standard InChI is InChI=1S/C13H16ClN3O3S/c1-5-20-12(19)9(7-17(2)3)10(18)8-6-15-13(21-4)16-11(8)14/h6-7H,5H2,1-4H3/b9-7-. The molecular weight excluding hydrogens is 314 g/mol. The molecule has 0 fully saturated rings. The summed E-state index contributed by atoms with van der Waals surface area (Å²) in [6.45, 7) is 1.84. The third kappa shape index (κ3) is 4.71. The van der Waals surface area contributed by atoms with Crippen LogP contribution in [0.1, 0.15) is 17.3 Å². The van der Waals surface area contributed by atoms with Gasteiger partial charge in [0, 0.05) is 26.5 Å². The molecule has 6 nitrogen and oxygen atoms in total. The number of rotatable bonds is 6. The summed E-state index contributed by atoms with van der Waals surface area (Å²) in [5, 5.41) is 0.458. The van der Waals surface area contributed by atoms with Gasteiger partial charge in [0.15, 0.2) is 5.16 Å². The molecule has 0 spiro atoms. The summed E-state index contributed by atoms with van der Waals surface area (Å²) < 4.78 is 4.89. The van der Waals surface area contributed by atoms with Crippen molar-refractivity contribution in [3.05, 3.63) is 28.7 Å². The average Bonchev–Trinajstić information content (AvgIpc) is 2.43. The SMILES string of the molecule is CCOC(=O)/C(=C\N(C)C)C(=O)c1cnc(SC)nc1Cl. The summed E-state index contributed by atoms with van der Waals surface area (Å²) in [4.78, 5) is 33.9. The lowest BCUT2D eigenvalue weighted by Gasteiger charge is -2.11. The van der Waals surface area contributed by atoms with Crippen molar-refractivity contribution >= 4 is 35.1 Å². The predicted octanol–water partition coefficient (Wildman–Crippen LogP) is 2.04. The molecule has 0 aromatic carbocycles. The zero-order chi connectivity index (χ0) is 16.0. The molecule has 0 saturated carbocycles. The number of carbonyl (C=O) groups is 2. The molecule has 0 radical (unpaired) electrons. The highest BCUT2D eigenvalue weighted by Gasteiger charge is 2.24. The van der Waals surface area contributed by atoms with E-state index in [0.717, 1.165) is 0 Å². The van der Waals surface area contributed by atoms with E-state index in [1.54, 1.807) is 32.2 Å². The van der Waals surface area contributed by atoms with Crippen LogP contribution in [0.15, 0.2) is 23.1 Å². The minimum absolute atomic E-state index is 0.00769. The maximum absolute atomic E-state index is 12.5. The summed E-state index contributed by atoms with van der Waals surface area (Å²) in [5.41, 5.74) is -0.0557. The molecule has 0 aliphatic carbocycles. The quantitative estimate of drug-likeness (QED) is 0.116. The van der Waals surface area contributed by atoms with Crippen LogP contribution in [0.25, 0.3) is 0 Å². The molecule has 0 aliphatic rings. The van der Waals surface area contributed by atoms with Crippen LogP contribution in [0.4, 0.5) is 0 Å². The Morgan fingerprint density at radius 2 is 2.14 bits per heavy atom. The smallest absolute Gasteiger partial charge is 0.343 e. The average molecular weight is 330 g/mol. The molecule has 0 unspecified atom stereocenters. The third-order valence-electron chi connectivity index (χ3n) is 2.27. The molecule has 0 atom stereocenters. The lowest BCUT2D eigenvalue weighted by atomic mass is 10.1. The molecular formula is C13H16ClN3O3S. The first-order valence-electron chi connectivity index (χ1n) is 6.07. The molecule has 114 valence electrons. The largest absolute Gasteiger partial charge is 0.462 e. The Morgan fingerprint density at radius 1 is 1.48 bits per heavy atom. The van der Waals surface area contributed by atoms with Crippen LogP contribution in [0.2, 0.25) is 5.15 Å². The Balaban J connectivity index is 3.20. The second kappa shape index (κ2) is 7.99. The van der Waals surface area contributed by atoms with Gasteiger partial charge in [-0.15, -0.1) is 0 Å². The van der Waals surface area contributed by atoms with Gasteiger partial charge in [-0.2, -0.15) is 0 Å². The van der Waals surface area contributed by atoms with Crippen LogP contribution in [0.3, 0.4) is 0 Å². The van der Waals surface area contributed by atoms with E-state index in [9.17, 15) is 9.59 Å². The van der Waals surface area contributed by atoms with E-state index < -0.39 is 11.8 Å². The topological polar surface area (TPSA) is 72.4 Å². The zero-order valence-electron chi connectivity index (χ0n) is 12.2. The van der Waals surface area contributed by atoms with E-state index in [4.69, 9.17) is 16.3 Å². The van der Waals surface area contributed by atoms with E-state index in [2.05, 4.69) is 9.97 Å². The van der Waals surface area contributed by atoms with Crippen LogP contribution >= 0.6 is 23.4 Å². The van der Waals surface area contributed by atoms with E-state index >= 15 is 0 Å². The Hall–Kier alpha value is -1.60. The first-order chi connectivity index (χ1) is 9.90. The fraction of sp³-hybridized carbons (Fsp3) is 0.385. The van der Waals surface area contributed by atoms with E-state index in [0.29, 0.717) is 5.16 Å². The molecule has 1 aromatic heterocycles. The summed E-state index contributed by atoms with van der Waals surface area (Å²) in [6, 6.07) is 0. The van der Waals surface area contributed by atoms with Gasteiger partial charge in [0.25, 0.3) is 0 Å². The molecule has 8 heteroatoms. The van der Waals surface area contributed by atoms with Gasteiger partial charge in [0.2, 0.25) is 5.78 Å². The molecule has 1 rings (SSSR count). The third-order valence-corrected chi connectivity index (χ3v) is 3.12. The number of ketones is 1. The van der Waals surface area contributed by atoms with E-state index in [-0.39, 0.29) is 22.9 Å². The summed E-state index contributed by atoms with van der Waals surface area (Å²) >= 11 is 7.29. The van der Waals surface area contributed by atoms with Crippen molar-refractivity contribution in [1.29, 1.82) is 0 Å². The second-order valence-electron chi connectivity index (χ2n) is 4.12. The Bertz CT molecular complexity index is 576. The van der Waals surface area contributed by atoms with Gasteiger partial charge >= 0.3 is 5.97 Å². The van der Waals surface area contributed by atoms with Crippen LogP contribution < -0.4 is 0 Å². The maximum Gasteiger partial charge on any atom is 0.343 e. The number of ether oxygens (including phenoxy) is 1. The number of carbonyl (C=O) groups excluding carboxylic acids is 2. The van der Waals surface area contributed by atoms with Gasteiger partial charge in [0.1, 0.15) is 10.7 Å². The first-order valence-corrected chi connectivity index (χ1v) is 7.67. The number of halogens is 1. The molecule has 1 heterocycles. The van der Waals surface area contributed by atoms with Gasteiger partial charge in [0.05, 0.1) is 12.2 Å². The van der Waals surface area contributed by atoms with Crippen LogP contribution in [-0.4, -0.2) is 53.6 Å². The Morgan fingerprint density at radius 3 is 2.62 bits per heavy atom. The van der Waals surface area contributed by atoms with Crippen molar-refractivity contribution in [3.8, 4) is 0 Å². The fourth-order valence-electron chi connectivity index (χ4n) is 1.41. The molecule has 0 bridgehead atoms. The van der Waals surface area contributed by atoms with Gasteiger partial charge in [-0.25, -0.2) is 14.8 Å². The number of aromatic nitrogens is 2. The number of hydrogen-bond donors (Lipinski definition) is 0. The summed E-state index contributed by atoms with van der Waals surface area (Å²) in [5.74, 6) is -1.28. The summed E-state index contributed by atoms with van der Waals surface area (Å²) in [7, 11) is 3.39. The van der Waals surface area contributed by atoms with Crippen LogP contribution in [0.5, 0.6) is 0 Å². The first kappa shape index (κ1) is 17.5. The van der Waals surface area contributed by atoms with Crippen molar-refractivity contribution in [1.82, 2.24) is 14.9 Å². The van der Waals surface area contributed by atoms with Crippen molar-refractivity contribution in [2.24, 2.45) is 0 Å². The highest BCUT2D eigenvalue weighted by atomic mass is 35.5. The Labute approximate surface area is 132 Å². The molecule has 21 heavy (non-hydrogen) atoms. The zero-order valence-corrected chi connectivity index (χ0v) is 13.8. The van der Waals surface area contributed by atoms with Crippen molar-refractivity contribution in [2.45, 2.75) is 12.1 Å². The van der Waals surface area contributed by atoms with Crippen LogP contribution in [0, 0.1) is 0 Å². The van der Waals surface area contributed by atoms with Crippen molar-refractivity contribution < 1.29 is 14.3 Å². The number of esters is 1. The molecule has 0 aliphatic heterocycles. The lowest BCUT2D eigenvalue weighted by Crippen LogP contribution is -2.20. The molecule has 0 N–H and O–H groups in total. The van der Waals surface area contributed by atoms with Gasteiger partial charge < -0.3 is 9.64 Å². The fourth-order valence-corrected chi connectivity index (χ4v) is 2.02. The number of Topliss-reactive ketones (excluding diaryl/α,β-unsaturated/α-hetero) is 1. The molecule has 0 amide bonds. The number of nitrogens with zero attached hydrogens (tertiary/aromatic N) is 3.